The molecule has 0 saturated heterocycles. The smallest absolute Gasteiger partial charge is 0.321 e. The number of halogens is 2. The van der Waals surface area contributed by atoms with E-state index in [1.807, 2.05) is 0 Å². The zero-order valence-electron chi connectivity index (χ0n) is 11.2. The number of alkyl halides is 2. The van der Waals surface area contributed by atoms with Crippen LogP contribution in [0, 0.1) is 0 Å². The van der Waals surface area contributed by atoms with Crippen molar-refractivity contribution in [3.8, 4) is 0 Å². The Labute approximate surface area is 121 Å². The van der Waals surface area contributed by atoms with Gasteiger partial charge in [0.2, 0.25) is 0 Å². The second-order valence-electron chi connectivity index (χ2n) is 5.19. The fourth-order valence-corrected chi connectivity index (χ4v) is 2.73. The molecule has 0 aliphatic carbocycles. The van der Waals surface area contributed by atoms with E-state index < -0.39 is 22.6 Å². The van der Waals surface area contributed by atoms with E-state index in [1.165, 1.54) is 32.2 Å². The number of carboxylic acids is 1. The van der Waals surface area contributed by atoms with E-state index in [2.05, 4.69) is 4.99 Å². The van der Waals surface area contributed by atoms with Gasteiger partial charge in [-0.1, -0.05) is 41.9 Å². The molecular formula is C15H15ClFNO2. The number of aliphatic imine (C=N–C) groups is 1. The van der Waals surface area contributed by atoms with Gasteiger partial charge in [0.05, 0.1) is 0 Å². The van der Waals surface area contributed by atoms with Crippen LogP contribution in [0.3, 0.4) is 0 Å². The van der Waals surface area contributed by atoms with Crippen LogP contribution in [0.2, 0.25) is 0 Å². The summed E-state index contributed by atoms with van der Waals surface area (Å²) < 4.78 is 14.4. The Morgan fingerprint density at radius 3 is 2.65 bits per heavy atom. The van der Waals surface area contributed by atoms with Gasteiger partial charge in [0.1, 0.15) is 16.6 Å². The third-order valence-electron chi connectivity index (χ3n) is 3.40. The third kappa shape index (κ3) is 2.24. The number of benzene rings is 1. The average molecular weight is 296 g/mol. The lowest BCUT2D eigenvalue weighted by Gasteiger charge is -2.34. The van der Waals surface area contributed by atoms with Crippen molar-refractivity contribution >= 4 is 23.8 Å². The number of rotatable bonds is 3. The summed E-state index contributed by atoms with van der Waals surface area (Å²) in [4.78, 5) is 15.8. The van der Waals surface area contributed by atoms with Crippen LogP contribution in [0.1, 0.15) is 25.0 Å². The van der Waals surface area contributed by atoms with Gasteiger partial charge in [0.25, 0.3) is 0 Å². The van der Waals surface area contributed by atoms with Crippen molar-refractivity contribution < 1.29 is 14.3 Å². The van der Waals surface area contributed by atoms with Crippen molar-refractivity contribution in [1.82, 2.24) is 0 Å². The van der Waals surface area contributed by atoms with E-state index in [9.17, 15) is 14.3 Å². The normalized spacial score (nSPS) is 25.7. The highest BCUT2D eigenvalue weighted by Gasteiger charge is 2.48. The first-order valence-electron chi connectivity index (χ1n) is 6.17. The molecule has 1 heterocycles. The summed E-state index contributed by atoms with van der Waals surface area (Å²) in [5.74, 6) is -1.15. The lowest BCUT2D eigenvalue weighted by molar-refractivity contribution is -0.142. The molecule has 1 aliphatic rings. The molecule has 106 valence electrons. The van der Waals surface area contributed by atoms with E-state index >= 15 is 0 Å². The van der Waals surface area contributed by atoms with Crippen molar-refractivity contribution in [2.45, 2.75) is 30.4 Å². The van der Waals surface area contributed by atoms with Crippen molar-refractivity contribution in [2.75, 3.05) is 0 Å². The number of nitrogens with zero attached hydrogens (tertiary/aromatic N) is 1. The van der Waals surface area contributed by atoms with Crippen LogP contribution >= 0.6 is 11.6 Å². The number of hydrogen-bond donors (Lipinski definition) is 1. The molecule has 0 spiro atoms. The van der Waals surface area contributed by atoms with Crippen LogP contribution < -0.4 is 0 Å². The van der Waals surface area contributed by atoms with Crippen molar-refractivity contribution in [3.63, 3.8) is 0 Å². The fourth-order valence-electron chi connectivity index (χ4n) is 2.39. The maximum atomic E-state index is 14.4. The average Bonchev–Trinajstić information content (AvgIpc) is 2.38. The number of allylic oxidation sites excluding steroid dienone is 1. The van der Waals surface area contributed by atoms with E-state index in [4.69, 9.17) is 11.6 Å². The number of carbonyl (C=O) groups is 1. The second-order valence-corrected chi connectivity index (χ2v) is 5.60. The highest BCUT2D eigenvalue weighted by atomic mass is 35.5. The molecule has 1 aromatic rings. The zero-order chi connectivity index (χ0) is 15.0. The fraction of sp³-hybridized carbons (Fsp3) is 0.333. The Morgan fingerprint density at radius 1 is 1.45 bits per heavy atom. The molecule has 0 amide bonds. The molecule has 20 heavy (non-hydrogen) atoms. The van der Waals surface area contributed by atoms with Crippen LogP contribution in [-0.4, -0.2) is 22.8 Å². The van der Waals surface area contributed by atoms with Gasteiger partial charge in [-0.2, -0.15) is 0 Å². The van der Waals surface area contributed by atoms with Crippen LogP contribution in [0.25, 0.3) is 0 Å². The maximum Gasteiger partial charge on any atom is 0.321 e. The summed E-state index contributed by atoms with van der Waals surface area (Å²) >= 11 is 6.14. The molecule has 0 radical (unpaired) electrons. The van der Waals surface area contributed by atoms with E-state index in [0.717, 1.165) is 0 Å². The molecule has 1 aliphatic heterocycles. The van der Waals surface area contributed by atoms with Gasteiger partial charge in [0.15, 0.2) is 0 Å². The van der Waals surface area contributed by atoms with Gasteiger partial charge in [-0.15, -0.1) is 0 Å². The Balaban J connectivity index is 2.73. The summed E-state index contributed by atoms with van der Waals surface area (Å²) in [5.41, 5.74) is -3.63. The number of dihydropyridines is 1. The molecule has 2 atom stereocenters. The van der Waals surface area contributed by atoms with Crippen LogP contribution in [0.5, 0.6) is 0 Å². The lowest BCUT2D eigenvalue weighted by Crippen LogP contribution is -2.44. The largest absolute Gasteiger partial charge is 0.480 e. The third-order valence-corrected chi connectivity index (χ3v) is 3.86. The van der Waals surface area contributed by atoms with Crippen LogP contribution in [-0.2, 0) is 15.9 Å². The number of aliphatic carboxylic acids is 1. The number of hydrogen-bond acceptors (Lipinski definition) is 2. The van der Waals surface area contributed by atoms with Gasteiger partial charge >= 0.3 is 5.97 Å². The van der Waals surface area contributed by atoms with Crippen LogP contribution in [0.4, 0.5) is 4.39 Å². The monoisotopic (exact) mass is 295 g/mol. The summed E-state index contributed by atoms with van der Waals surface area (Å²) in [6.07, 6.45) is 4.43. The molecule has 0 saturated carbocycles. The lowest BCUT2D eigenvalue weighted by atomic mass is 9.74. The standard InChI is InChI=1S/C15H15ClFNO2/c1-14(2,17)10-6-3-4-7-11(10)15(13(19)20)8-5-9-18-12(15)16/h3-9,12H,1-2H3,(H,19,20). The van der Waals surface area contributed by atoms with Crippen molar-refractivity contribution in [1.29, 1.82) is 0 Å². The highest BCUT2D eigenvalue weighted by Crippen LogP contribution is 2.41. The Hall–Kier alpha value is -1.68. The van der Waals surface area contributed by atoms with Crippen LogP contribution in [0.15, 0.2) is 41.4 Å². The summed E-state index contributed by atoms with van der Waals surface area (Å²) in [6.45, 7) is 2.78. The first-order valence-corrected chi connectivity index (χ1v) is 6.61. The molecular weight excluding hydrogens is 281 g/mol. The minimum absolute atomic E-state index is 0.301. The Bertz CT molecular complexity index is 592. The van der Waals surface area contributed by atoms with Crippen molar-refractivity contribution in [2.24, 2.45) is 4.99 Å². The van der Waals surface area contributed by atoms with Gasteiger partial charge in [-0.25, -0.2) is 4.39 Å². The minimum Gasteiger partial charge on any atom is -0.480 e. The SMILES string of the molecule is CC(C)(F)c1ccccc1C1(C(=O)O)C=CC=NC1Cl. The minimum atomic E-state index is -1.68. The molecule has 2 rings (SSSR count). The van der Waals surface area contributed by atoms with E-state index in [0.29, 0.717) is 11.1 Å². The number of carboxylic acid groups (broad SMARTS) is 1. The quantitative estimate of drug-likeness (QED) is 0.686. The molecule has 1 aromatic carbocycles. The van der Waals surface area contributed by atoms with Crippen molar-refractivity contribution in [3.05, 3.63) is 47.5 Å². The predicted molar refractivity (Wildman–Crippen MR) is 77.2 cm³/mol. The van der Waals surface area contributed by atoms with Gasteiger partial charge in [-0.3, -0.25) is 9.79 Å². The summed E-state index contributed by atoms with van der Waals surface area (Å²) in [5, 5.41) is 9.67. The van der Waals surface area contributed by atoms with E-state index in [-0.39, 0.29) is 0 Å². The van der Waals surface area contributed by atoms with Gasteiger partial charge in [-0.05, 0) is 31.1 Å². The molecule has 0 fully saturated rings. The molecule has 0 bridgehead atoms. The van der Waals surface area contributed by atoms with Gasteiger partial charge < -0.3 is 5.11 Å². The first-order chi connectivity index (χ1) is 9.30. The predicted octanol–water partition coefficient (Wildman–Crippen LogP) is 3.42. The van der Waals surface area contributed by atoms with E-state index in [1.54, 1.807) is 24.3 Å². The molecule has 5 heteroatoms. The first kappa shape index (κ1) is 14.7. The molecule has 1 N–H and O–H groups in total. The zero-order valence-corrected chi connectivity index (χ0v) is 11.9. The molecule has 3 nitrogen and oxygen atoms in total. The highest BCUT2D eigenvalue weighted by molar-refractivity contribution is 6.24. The van der Waals surface area contributed by atoms with Gasteiger partial charge in [0, 0.05) is 6.21 Å². The molecule has 2 unspecified atom stereocenters. The second kappa shape index (κ2) is 5.02. The maximum absolute atomic E-state index is 14.4. The molecule has 0 aromatic heterocycles. The topological polar surface area (TPSA) is 49.7 Å². The summed E-state index contributed by atoms with van der Waals surface area (Å²) in [6, 6.07) is 6.51. The Kier molecular flexibility index (Phi) is 3.69. The Morgan fingerprint density at radius 2 is 2.10 bits per heavy atom. The summed E-state index contributed by atoms with van der Waals surface area (Å²) in [7, 11) is 0.